The molecule has 56 heavy (non-hydrogen) atoms. The molecular weight excluding hydrogens is 707 g/mol. The smallest absolute Gasteiger partial charge is 0.164 e. The quantitative estimate of drug-likeness (QED) is 0.169. The Morgan fingerprint density at radius 1 is 0.375 bits per heavy atom. The van der Waals surface area contributed by atoms with Crippen LogP contribution < -0.4 is 0 Å². The average molecular weight is 736 g/mol. The zero-order valence-electron chi connectivity index (χ0n) is 29.8. The summed E-state index contributed by atoms with van der Waals surface area (Å²) in [6, 6.07) is 59.8. The van der Waals surface area contributed by atoms with E-state index in [1.54, 1.807) is 11.3 Å². The fourth-order valence-corrected chi connectivity index (χ4v) is 8.65. The molecule has 262 valence electrons. The Morgan fingerprint density at radius 2 is 0.911 bits per heavy atom. The number of aromatic nitrogens is 5. The number of thiophene rings is 1. The third-order valence-electron chi connectivity index (χ3n) is 10.2. The minimum Gasteiger partial charge on any atom is -0.455 e. The first-order chi connectivity index (χ1) is 27.7. The van der Waals surface area contributed by atoms with E-state index in [0.29, 0.717) is 28.9 Å². The lowest BCUT2D eigenvalue weighted by molar-refractivity contribution is 0.669. The van der Waals surface area contributed by atoms with Crippen LogP contribution in [0.1, 0.15) is 0 Å². The van der Waals surface area contributed by atoms with Gasteiger partial charge in [-0.15, -0.1) is 11.3 Å². The molecular formula is C49H29N5OS. The minimum atomic E-state index is 0.569. The predicted molar refractivity (Wildman–Crippen MR) is 228 cm³/mol. The first-order valence-electron chi connectivity index (χ1n) is 18.4. The normalized spacial score (nSPS) is 11.6. The van der Waals surface area contributed by atoms with Gasteiger partial charge in [0.15, 0.2) is 23.3 Å². The molecule has 0 atom stereocenters. The summed E-state index contributed by atoms with van der Waals surface area (Å²) < 4.78 is 9.00. The zero-order valence-corrected chi connectivity index (χ0v) is 30.6. The van der Waals surface area contributed by atoms with Gasteiger partial charge in [0.25, 0.3) is 0 Å². The van der Waals surface area contributed by atoms with Gasteiger partial charge in [-0.05, 0) is 29.3 Å². The molecule has 0 unspecified atom stereocenters. The Hall–Kier alpha value is -7.35. The average Bonchev–Trinajstić information content (AvgIpc) is 3.86. The summed E-state index contributed by atoms with van der Waals surface area (Å²) in [5, 5.41) is 2.96. The molecule has 7 heteroatoms. The van der Waals surface area contributed by atoms with Gasteiger partial charge in [0.2, 0.25) is 0 Å². The van der Waals surface area contributed by atoms with Crippen LogP contribution in [0.25, 0.3) is 110 Å². The second-order valence-corrected chi connectivity index (χ2v) is 14.7. The van der Waals surface area contributed by atoms with E-state index in [-0.39, 0.29) is 0 Å². The number of fused-ring (bicyclic) bond motifs is 6. The highest BCUT2D eigenvalue weighted by molar-refractivity contribution is 7.26. The maximum Gasteiger partial charge on any atom is 0.164 e. The summed E-state index contributed by atoms with van der Waals surface area (Å²) in [7, 11) is 0. The fourth-order valence-electron chi connectivity index (χ4n) is 7.50. The molecule has 0 aliphatic rings. The highest BCUT2D eigenvalue weighted by atomic mass is 32.1. The Morgan fingerprint density at radius 3 is 1.62 bits per heavy atom. The van der Waals surface area contributed by atoms with Crippen molar-refractivity contribution in [1.82, 2.24) is 24.9 Å². The van der Waals surface area contributed by atoms with Crippen molar-refractivity contribution in [3.05, 3.63) is 176 Å². The molecule has 4 heterocycles. The summed E-state index contributed by atoms with van der Waals surface area (Å²) in [5.74, 6) is 2.38. The lowest BCUT2D eigenvalue weighted by Crippen LogP contribution is -2.00. The number of furan rings is 1. The second-order valence-electron chi connectivity index (χ2n) is 13.6. The molecule has 7 aromatic carbocycles. The van der Waals surface area contributed by atoms with Gasteiger partial charge in [-0.25, -0.2) is 24.9 Å². The van der Waals surface area contributed by atoms with Crippen LogP contribution in [-0.2, 0) is 0 Å². The first kappa shape index (κ1) is 32.1. The second kappa shape index (κ2) is 13.2. The van der Waals surface area contributed by atoms with Crippen molar-refractivity contribution in [1.29, 1.82) is 0 Å². The van der Waals surface area contributed by atoms with Crippen LogP contribution in [0.2, 0.25) is 0 Å². The molecule has 0 amide bonds. The van der Waals surface area contributed by atoms with Crippen molar-refractivity contribution in [2.75, 3.05) is 0 Å². The Bertz CT molecular complexity index is 3180. The number of hydrogen-bond donors (Lipinski definition) is 0. The van der Waals surface area contributed by atoms with Gasteiger partial charge >= 0.3 is 0 Å². The van der Waals surface area contributed by atoms with Gasteiger partial charge in [0.05, 0.1) is 21.5 Å². The third-order valence-corrected chi connectivity index (χ3v) is 11.4. The molecule has 11 aromatic rings. The lowest BCUT2D eigenvalue weighted by Gasteiger charge is -2.09. The summed E-state index contributed by atoms with van der Waals surface area (Å²) >= 11 is 1.73. The molecule has 0 spiro atoms. The maximum atomic E-state index is 6.77. The van der Waals surface area contributed by atoms with Gasteiger partial charge in [0, 0.05) is 43.1 Å². The molecule has 0 N–H and O–H groups in total. The van der Waals surface area contributed by atoms with E-state index in [1.165, 1.54) is 10.3 Å². The Labute approximate surface area is 325 Å². The SMILES string of the molecule is c1ccc(-c2ccc(-c3nc(-c4cccc5c4oc4cccc(-c6nc(-c7ccccc7)nc(-c7ccccc7)n6)c45)nc4c3sc3ccccc34)cc2)cc1. The molecule has 0 radical (unpaired) electrons. The van der Waals surface area contributed by atoms with E-state index < -0.39 is 0 Å². The Kier molecular flexibility index (Phi) is 7.57. The number of hydrogen-bond acceptors (Lipinski definition) is 7. The van der Waals surface area contributed by atoms with Gasteiger partial charge in [-0.2, -0.15) is 0 Å². The highest BCUT2D eigenvalue weighted by Gasteiger charge is 2.22. The van der Waals surface area contributed by atoms with Crippen molar-refractivity contribution in [2.24, 2.45) is 0 Å². The predicted octanol–water partition coefficient (Wildman–Crippen LogP) is 12.9. The van der Waals surface area contributed by atoms with Crippen LogP contribution in [-0.4, -0.2) is 24.9 Å². The molecule has 11 rings (SSSR count). The highest BCUT2D eigenvalue weighted by Crippen LogP contribution is 2.43. The topological polar surface area (TPSA) is 77.6 Å². The zero-order chi connectivity index (χ0) is 37.0. The van der Waals surface area contributed by atoms with Crippen LogP contribution in [0.5, 0.6) is 0 Å². The van der Waals surface area contributed by atoms with Crippen LogP contribution >= 0.6 is 11.3 Å². The standard InChI is InChI=1S/C49H29N5OS/c1-4-14-30(15-5-1)31-26-28-32(29-27-31)42-45-43(35-20-10-11-25-40(35)56-45)51-49(50-42)38-23-12-21-36-41-37(22-13-24-39(41)55-44(36)38)48-53-46(33-16-6-2-7-17-33)52-47(54-48)34-18-8-3-9-19-34/h1-29H. The van der Waals surface area contributed by atoms with Crippen molar-refractivity contribution in [3.63, 3.8) is 0 Å². The molecule has 0 fully saturated rings. The van der Waals surface area contributed by atoms with Crippen molar-refractivity contribution >= 4 is 53.6 Å². The van der Waals surface area contributed by atoms with Crippen molar-refractivity contribution in [2.45, 2.75) is 0 Å². The Balaban J connectivity index is 1.11. The molecule has 0 saturated heterocycles. The fraction of sp³-hybridized carbons (Fsp3) is 0. The van der Waals surface area contributed by atoms with E-state index in [4.69, 9.17) is 29.3 Å². The van der Waals surface area contributed by atoms with Gasteiger partial charge < -0.3 is 4.42 Å². The number of para-hydroxylation sites is 1. The van der Waals surface area contributed by atoms with E-state index >= 15 is 0 Å². The van der Waals surface area contributed by atoms with Crippen LogP contribution in [0.3, 0.4) is 0 Å². The van der Waals surface area contributed by atoms with Crippen LogP contribution in [0, 0.1) is 0 Å². The molecule has 0 aliphatic heterocycles. The number of rotatable bonds is 6. The summed E-state index contributed by atoms with van der Waals surface area (Å²) in [5.41, 5.74) is 10.1. The van der Waals surface area contributed by atoms with Crippen molar-refractivity contribution < 1.29 is 4.42 Å². The van der Waals surface area contributed by atoms with Crippen LogP contribution in [0.4, 0.5) is 0 Å². The summed E-state index contributed by atoms with van der Waals surface area (Å²) in [4.78, 5) is 25.7. The summed E-state index contributed by atoms with van der Waals surface area (Å²) in [6.07, 6.45) is 0. The first-order valence-corrected chi connectivity index (χ1v) is 19.2. The largest absolute Gasteiger partial charge is 0.455 e. The third kappa shape index (κ3) is 5.44. The monoisotopic (exact) mass is 735 g/mol. The van der Waals surface area contributed by atoms with E-state index in [1.807, 2.05) is 84.9 Å². The number of nitrogens with zero attached hydrogens (tertiary/aromatic N) is 5. The van der Waals surface area contributed by atoms with E-state index in [0.717, 1.165) is 71.0 Å². The van der Waals surface area contributed by atoms with E-state index in [2.05, 4.69) is 91.0 Å². The summed E-state index contributed by atoms with van der Waals surface area (Å²) in [6.45, 7) is 0. The molecule has 0 aliphatic carbocycles. The number of benzene rings is 7. The van der Waals surface area contributed by atoms with Gasteiger partial charge in [-0.1, -0.05) is 158 Å². The van der Waals surface area contributed by atoms with E-state index in [9.17, 15) is 0 Å². The lowest BCUT2D eigenvalue weighted by atomic mass is 10.0. The molecule has 6 nitrogen and oxygen atoms in total. The maximum absolute atomic E-state index is 6.77. The van der Waals surface area contributed by atoms with Crippen LogP contribution in [0.15, 0.2) is 180 Å². The molecule has 0 saturated carbocycles. The van der Waals surface area contributed by atoms with Gasteiger partial charge in [0.1, 0.15) is 11.2 Å². The van der Waals surface area contributed by atoms with Crippen molar-refractivity contribution in [3.8, 4) is 67.9 Å². The minimum absolute atomic E-state index is 0.569. The molecule has 4 aromatic heterocycles. The molecule has 0 bridgehead atoms. The van der Waals surface area contributed by atoms with Gasteiger partial charge in [-0.3, -0.25) is 0 Å².